The van der Waals surface area contributed by atoms with Gasteiger partial charge < -0.3 is 9.84 Å². The Morgan fingerprint density at radius 1 is 1.09 bits per heavy atom. The van der Waals surface area contributed by atoms with Crippen molar-refractivity contribution in [3.63, 3.8) is 0 Å². The highest BCUT2D eigenvalue weighted by molar-refractivity contribution is 8.15. The number of amidine groups is 1. The zero-order chi connectivity index (χ0) is 31.1. The van der Waals surface area contributed by atoms with Crippen molar-refractivity contribution in [3.05, 3.63) is 90.3 Å². The maximum Gasteiger partial charge on any atom is 0.573 e. The van der Waals surface area contributed by atoms with Gasteiger partial charge in [-0.2, -0.15) is 0 Å². The molecule has 0 aliphatic carbocycles. The number of benzene rings is 3. The molecule has 4 aromatic rings. The topological polar surface area (TPSA) is 105 Å². The van der Waals surface area contributed by atoms with Gasteiger partial charge in [0.25, 0.3) is 0 Å². The molecule has 0 radical (unpaired) electrons. The van der Waals surface area contributed by atoms with Gasteiger partial charge in [-0.15, -0.1) is 18.3 Å². The SMILES string of the molecule is CCCc1ccccc1N1C(=O)CSC1=NC(O)NCCCc1cccc(-c2ncn(-c3ccc(OC(F)(F)F)cc3)n2)c1. The maximum absolute atomic E-state index is 12.7. The van der Waals surface area contributed by atoms with Crippen LogP contribution in [0.2, 0.25) is 0 Å². The largest absolute Gasteiger partial charge is 0.573 e. The van der Waals surface area contributed by atoms with Crippen LogP contribution in [-0.4, -0.2) is 56.0 Å². The molecular weight excluding hydrogens is 593 g/mol. The first kappa shape index (κ1) is 31.2. The average Bonchev–Trinajstić information content (AvgIpc) is 3.63. The van der Waals surface area contributed by atoms with Crippen LogP contribution in [0, 0.1) is 0 Å². The van der Waals surface area contributed by atoms with E-state index in [-0.39, 0.29) is 17.4 Å². The van der Waals surface area contributed by atoms with E-state index in [1.807, 2.05) is 48.5 Å². The number of alkyl halides is 3. The van der Waals surface area contributed by atoms with Gasteiger partial charge in [0.15, 0.2) is 11.0 Å². The summed E-state index contributed by atoms with van der Waals surface area (Å²) in [6.07, 6.45) is -1.18. The fraction of sp³-hybridized carbons (Fsp3) is 0.290. The minimum Gasteiger partial charge on any atom is -0.406 e. The van der Waals surface area contributed by atoms with Gasteiger partial charge in [0.2, 0.25) is 12.3 Å². The first-order valence-corrected chi connectivity index (χ1v) is 15.1. The second kappa shape index (κ2) is 14.1. The number of hydrogen-bond acceptors (Lipinski definition) is 8. The van der Waals surface area contributed by atoms with Crippen LogP contribution in [0.1, 0.15) is 30.9 Å². The number of thioether (sulfide) groups is 1. The van der Waals surface area contributed by atoms with Crippen LogP contribution in [0.25, 0.3) is 17.1 Å². The zero-order valence-electron chi connectivity index (χ0n) is 23.9. The third kappa shape index (κ3) is 8.04. The molecule has 1 aliphatic rings. The maximum atomic E-state index is 12.7. The summed E-state index contributed by atoms with van der Waals surface area (Å²) in [5.41, 5.74) is 4.26. The number of ether oxygens (including phenoxy) is 1. The van der Waals surface area contributed by atoms with Crippen LogP contribution in [0.4, 0.5) is 18.9 Å². The summed E-state index contributed by atoms with van der Waals surface area (Å²) in [7, 11) is 0. The van der Waals surface area contributed by atoms with Crippen molar-refractivity contribution in [2.45, 2.75) is 45.3 Å². The van der Waals surface area contributed by atoms with Gasteiger partial charge in [-0.3, -0.25) is 15.0 Å². The molecule has 3 aromatic carbocycles. The number of aliphatic imine (C=N–C) groups is 1. The van der Waals surface area contributed by atoms with Gasteiger partial charge in [0, 0.05) is 5.56 Å². The molecule has 0 saturated carbocycles. The van der Waals surface area contributed by atoms with Crippen LogP contribution in [0.5, 0.6) is 5.75 Å². The average molecular weight is 625 g/mol. The van der Waals surface area contributed by atoms with Crippen molar-refractivity contribution in [2.75, 3.05) is 17.2 Å². The molecule has 1 atom stereocenters. The molecule has 230 valence electrons. The summed E-state index contributed by atoms with van der Waals surface area (Å²) in [6.45, 7) is 2.58. The Morgan fingerprint density at radius 3 is 2.66 bits per heavy atom. The summed E-state index contributed by atoms with van der Waals surface area (Å²) >= 11 is 1.31. The van der Waals surface area contributed by atoms with E-state index in [1.54, 1.807) is 4.90 Å². The molecule has 1 saturated heterocycles. The number of aromatic nitrogens is 3. The normalized spacial score (nSPS) is 15.2. The second-order valence-corrected chi connectivity index (χ2v) is 10.9. The number of aryl methyl sites for hydroxylation is 2. The molecule has 5 rings (SSSR count). The second-order valence-electron chi connectivity index (χ2n) is 9.99. The summed E-state index contributed by atoms with van der Waals surface area (Å²) in [6, 6.07) is 20.9. The third-order valence-corrected chi connectivity index (χ3v) is 7.67. The first-order chi connectivity index (χ1) is 21.2. The van der Waals surface area contributed by atoms with Crippen molar-refractivity contribution in [1.29, 1.82) is 0 Å². The van der Waals surface area contributed by atoms with Crippen molar-refractivity contribution < 1.29 is 27.8 Å². The number of hydrogen-bond donors (Lipinski definition) is 2. The Bertz CT molecular complexity index is 1610. The lowest BCUT2D eigenvalue weighted by Crippen LogP contribution is -2.34. The van der Waals surface area contributed by atoms with E-state index < -0.39 is 12.7 Å². The molecule has 0 spiro atoms. The predicted octanol–water partition coefficient (Wildman–Crippen LogP) is 5.72. The van der Waals surface area contributed by atoms with Crippen molar-refractivity contribution in [2.24, 2.45) is 4.99 Å². The summed E-state index contributed by atoms with van der Waals surface area (Å²) in [4.78, 5) is 23.0. The summed E-state index contributed by atoms with van der Waals surface area (Å²) in [5, 5.41) is 18.5. The molecule has 1 amide bonds. The third-order valence-electron chi connectivity index (χ3n) is 6.73. The van der Waals surface area contributed by atoms with Gasteiger partial charge in [0.05, 0.1) is 17.1 Å². The van der Waals surface area contributed by atoms with Crippen molar-refractivity contribution >= 4 is 28.5 Å². The number of nitrogens with one attached hydrogen (secondary N) is 1. The molecule has 9 nitrogen and oxygen atoms in total. The molecule has 1 aliphatic heterocycles. The highest BCUT2D eigenvalue weighted by Gasteiger charge is 2.32. The van der Waals surface area contributed by atoms with E-state index >= 15 is 0 Å². The van der Waals surface area contributed by atoms with Crippen LogP contribution >= 0.6 is 11.8 Å². The molecule has 2 N–H and O–H groups in total. The number of rotatable bonds is 12. The molecule has 2 heterocycles. The number of para-hydroxylation sites is 1. The van der Waals surface area contributed by atoms with Gasteiger partial charge >= 0.3 is 6.36 Å². The smallest absolute Gasteiger partial charge is 0.406 e. The molecule has 13 heteroatoms. The highest BCUT2D eigenvalue weighted by atomic mass is 32.2. The highest BCUT2D eigenvalue weighted by Crippen LogP contribution is 2.30. The Morgan fingerprint density at radius 2 is 1.89 bits per heavy atom. The number of anilines is 1. The van der Waals surface area contributed by atoms with E-state index in [4.69, 9.17) is 0 Å². The lowest BCUT2D eigenvalue weighted by atomic mass is 10.1. The minimum absolute atomic E-state index is 0.0582. The Hall–Kier alpha value is -4.20. The van der Waals surface area contributed by atoms with E-state index in [0.29, 0.717) is 29.6 Å². The molecule has 0 bridgehead atoms. The number of aliphatic hydroxyl groups excluding tert-OH is 1. The number of carbonyl (C=O) groups is 1. The predicted molar refractivity (Wildman–Crippen MR) is 164 cm³/mol. The van der Waals surface area contributed by atoms with Crippen LogP contribution in [0.3, 0.4) is 0 Å². The number of halogens is 3. The molecule has 1 unspecified atom stereocenters. The Labute approximate surface area is 256 Å². The lowest BCUT2D eigenvalue weighted by molar-refractivity contribution is -0.274. The Balaban J connectivity index is 1.15. The number of nitrogens with zero attached hydrogens (tertiary/aromatic N) is 5. The number of aliphatic hydroxyl groups is 1. The minimum atomic E-state index is -4.75. The van der Waals surface area contributed by atoms with Gasteiger partial charge in [-0.05, 0) is 73.3 Å². The number of amides is 1. The van der Waals surface area contributed by atoms with Crippen LogP contribution in [0.15, 0.2) is 84.1 Å². The van der Waals surface area contributed by atoms with Gasteiger partial charge in [-0.1, -0.05) is 61.5 Å². The van der Waals surface area contributed by atoms with E-state index in [9.17, 15) is 23.1 Å². The molecular formula is C31H31F3N6O3S. The van der Waals surface area contributed by atoms with Crippen LogP contribution in [-0.2, 0) is 17.6 Å². The summed E-state index contributed by atoms with van der Waals surface area (Å²) < 4.78 is 42.7. The molecule has 1 aromatic heterocycles. The molecule has 44 heavy (non-hydrogen) atoms. The van der Waals surface area contributed by atoms with E-state index in [0.717, 1.165) is 41.6 Å². The monoisotopic (exact) mass is 624 g/mol. The van der Waals surface area contributed by atoms with Crippen LogP contribution < -0.4 is 15.0 Å². The number of carbonyl (C=O) groups excluding carboxylic acids is 1. The van der Waals surface area contributed by atoms with Gasteiger partial charge in [-0.25, -0.2) is 14.7 Å². The quantitative estimate of drug-likeness (QED) is 0.154. The zero-order valence-corrected chi connectivity index (χ0v) is 24.7. The fourth-order valence-corrected chi connectivity index (χ4v) is 5.65. The van der Waals surface area contributed by atoms with E-state index in [1.165, 1.54) is 47.0 Å². The van der Waals surface area contributed by atoms with E-state index in [2.05, 4.69) is 32.1 Å². The van der Waals surface area contributed by atoms with Crippen molar-refractivity contribution in [1.82, 2.24) is 20.1 Å². The first-order valence-electron chi connectivity index (χ1n) is 14.1. The fourth-order valence-electron chi connectivity index (χ4n) is 4.76. The summed E-state index contributed by atoms with van der Waals surface area (Å²) in [5.74, 6) is 0.377. The molecule has 1 fully saturated rings. The van der Waals surface area contributed by atoms with Gasteiger partial charge in [0.1, 0.15) is 12.1 Å². The standard InChI is InChI=1S/C31H31F3N6O3S/c1-2-7-22-10-3-4-12-26(22)40-27(41)19-44-30(40)37-29(42)35-17-6-9-21-8-5-11-23(18-21)28-36-20-39(38-28)24-13-15-25(16-14-24)43-31(32,33)34/h3-5,8,10-16,18,20,29,35,42H,2,6-7,9,17,19H2,1H3. The van der Waals surface area contributed by atoms with Crippen molar-refractivity contribution in [3.8, 4) is 22.8 Å². The Kier molecular flexibility index (Phi) is 9.98. The lowest BCUT2D eigenvalue weighted by Gasteiger charge is -2.20.